The zero-order chi connectivity index (χ0) is 20.5. The SMILES string of the molecule is Cc1cc(OCc2n[nH]c3c2CNC(N(C)CCO)=N3)c(C(C)(C)C)cc1Cl. The standard InChI is InChI=1S/C20H28ClN5O2/c1-12-8-17(14(9-15(12)21)20(2,3)4)28-11-16-13-10-22-19(26(5)6-7-27)23-18(13)25-24-16/h8-9,27H,6-7,10-11H2,1-5H3,(H2,22,23,24,25). The van der Waals surface area contributed by atoms with Gasteiger partial charge in [0.05, 0.1) is 6.61 Å². The van der Waals surface area contributed by atoms with Gasteiger partial charge in [-0.15, -0.1) is 0 Å². The predicted octanol–water partition coefficient (Wildman–Crippen LogP) is 3.26. The van der Waals surface area contributed by atoms with Gasteiger partial charge in [-0.25, -0.2) is 0 Å². The predicted molar refractivity (Wildman–Crippen MR) is 111 cm³/mol. The summed E-state index contributed by atoms with van der Waals surface area (Å²) in [7, 11) is 1.88. The number of hydrogen-bond acceptors (Lipinski definition) is 6. The van der Waals surface area contributed by atoms with Gasteiger partial charge in [-0.05, 0) is 30.0 Å². The highest BCUT2D eigenvalue weighted by Gasteiger charge is 2.23. The van der Waals surface area contributed by atoms with Gasteiger partial charge in [-0.2, -0.15) is 10.1 Å². The molecule has 3 N–H and O–H groups in total. The Bertz CT molecular complexity index is 885. The maximum Gasteiger partial charge on any atom is 0.200 e. The second-order valence-corrected chi connectivity index (χ2v) is 8.48. The Morgan fingerprint density at radius 3 is 2.75 bits per heavy atom. The number of aliphatic imine (C=N–C) groups is 1. The molecule has 0 saturated heterocycles. The molecule has 0 aliphatic carbocycles. The number of nitrogens with zero attached hydrogens (tertiary/aromatic N) is 3. The van der Waals surface area contributed by atoms with E-state index in [1.54, 1.807) is 0 Å². The molecule has 1 aliphatic rings. The lowest BCUT2D eigenvalue weighted by atomic mass is 9.86. The third-order valence-electron chi connectivity index (χ3n) is 4.80. The molecule has 1 aromatic carbocycles. The highest BCUT2D eigenvalue weighted by Crippen LogP contribution is 2.36. The van der Waals surface area contributed by atoms with E-state index >= 15 is 0 Å². The first-order valence-corrected chi connectivity index (χ1v) is 9.72. The first-order valence-electron chi connectivity index (χ1n) is 9.34. The second-order valence-electron chi connectivity index (χ2n) is 8.07. The molecule has 8 heteroatoms. The van der Waals surface area contributed by atoms with Gasteiger partial charge < -0.3 is 20.1 Å². The van der Waals surface area contributed by atoms with Crippen LogP contribution in [0.15, 0.2) is 17.1 Å². The summed E-state index contributed by atoms with van der Waals surface area (Å²) in [5.41, 5.74) is 3.77. The van der Waals surface area contributed by atoms with E-state index in [-0.39, 0.29) is 12.0 Å². The zero-order valence-corrected chi connectivity index (χ0v) is 17.8. The van der Waals surface area contributed by atoms with Gasteiger partial charge in [-0.1, -0.05) is 32.4 Å². The number of halogens is 1. The van der Waals surface area contributed by atoms with Crippen LogP contribution in [0.25, 0.3) is 0 Å². The molecule has 0 bridgehead atoms. The number of aryl methyl sites for hydroxylation is 1. The molecule has 1 aliphatic heterocycles. The largest absolute Gasteiger partial charge is 0.487 e. The Balaban J connectivity index is 1.80. The summed E-state index contributed by atoms with van der Waals surface area (Å²) in [6.07, 6.45) is 0. The maximum absolute atomic E-state index is 9.09. The van der Waals surface area contributed by atoms with Gasteiger partial charge in [-0.3, -0.25) is 5.10 Å². The minimum atomic E-state index is -0.0876. The van der Waals surface area contributed by atoms with Crippen LogP contribution in [0.2, 0.25) is 5.02 Å². The van der Waals surface area contributed by atoms with Gasteiger partial charge >= 0.3 is 0 Å². The van der Waals surface area contributed by atoms with Crippen molar-refractivity contribution in [3.63, 3.8) is 0 Å². The number of rotatable bonds is 5. The first-order chi connectivity index (χ1) is 13.2. The molecule has 0 saturated carbocycles. The highest BCUT2D eigenvalue weighted by atomic mass is 35.5. The molecule has 7 nitrogen and oxygen atoms in total. The average Bonchev–Trinajstić information content (AvgIpc) is 3.04. The Morgan fingerprint density at radius 2 is 2.07 bits per heavy atom. The molecule has 3 rings (SSSR count). The number of hydrogen-bond donors (Lipinski definition) is 3. The molecule has 0 atom stereocenters. The minimum absolute atomic E-state index is 0.0722. The highest BCUT2D eigenvalue weighted by molar-refractivity contribution is 6.31. The molecule has 0 fully saturated rings. The second kappa shape index (κ2) is 8.01. The van der Waals surface area contributed by atoms with Crippen molar-refractivity contribution in [2.75, 3.05) is 20.2 Å². The number of guanidine groups is 1. The topological polar surface area (TPSA) is 85.8 Å². The molecule has 0 amide bonds. The number of ether oxygens (including phenoxy) is 1. The van der Waals surface area contributed by atoms with Crippen molar-refractivity contribution < 1.29 is 9.84 Å². The monoisotopic (exact) mass is 405 g/mol. The van der Waals surface area contributed by atoms with Crippen LogP contribution in [0, 0.1) is 6.92 Å². The number of aliphatic hydroxyl groups is 1. The van der Waals surface area contributed by atoms with Gasteiger partial charge in [0.1, 0.15) is 18.1 Å². The van der Waals surface area contributed by atoms with E-state index in [2.05, 4.69) is 41.3 Å². The molecule has 2 heterocycles. The molecule has 1 aromatic heterocycles. The molecule has 152 valence electrons. The van der Waals surface area contributed by atoms with Crippen LogP contribution in [0.4, 0.5) is 5.82 Å². The van der Waals surface area contributed by atoms with Crippen molar-refractivity contribution in [2.45, 2.75) is 46.3 Å². The summed E-state index contributed by atoms with van der Waals surface area (Å²) in [5.74, 6) is 2.25. The Hall–Kier alpha value is -2.25. The fraction of sp³-hybridized carbons (Fsp3) is 0.500. The number of benzene rings is 1. The third kappa shape index (κ3) is 4.25. The van der Waals surface area contributed by atoms with E-state index in [0.717, 1.165) is 39.0 Å². The quantitative estimate of drug-likeness (QED) is 0.710. The van der Waals surface area contributed by atoms with Crippen LogP contribution in [0.5, 0.6) is 5.75 Å². The first kappa shape index (κ1) is 20.5. The van der Waals surface area contributed by atoms with Crippen molar-refractivity contribution >= 4 is 23.4 Å². The molecular weight excluding hydrogens is 378 g/mol. The molecular formula is C20H28ClN5O2. The number of aliphatic hydroxyl groups excluding tert-OH is 1. The smallest absolute Gasteiger partial charge is 0.200 e. The number of likely N-dealkylation sites (N-methyl/N-ethyl adjacent to an activating group) is 1. The number of H-pyrrole nitrogens is 1. The van der Waals surface area contributed by atoms with E-state index in [4.69, 9.17) is 21.4 Å². The lowest BCUT2D eigenvalue weighted by Crippen LogP contribution is -2.41. The van der Waals surface area contributed by atoms with E-state index in [0.29, 0.717) is 25.7 Å². The Morgan fingerprint density at radius 1 is 1.32 bits per heavy atom. The lowest BCUT2D eigenvalue weighted by Gasteiger charge is -2.25. The van der Waals surface area contributed by atoms with Gasteiger partial charge in [0, 0.05) is 36.3 Å². The molecule has 2 aromatic rings. The minimum Gasteiger partial charge on any atom is -0.487 e. The summed E-state index contributed by atoms with van der Waals surface area (Å²) >= 11 is 6.33. The van der Waals surface area contributed by atoms with Gasteiger partial charge in [0.25, 0.3) is 0 Å². The van der Waals surface area contributed by atoms with Crippen LogP contribution in [0.3, 0.4) is 0 Å². The summed E-state index contributed by atoms with van der Waals surface area (Å²) in [6, 6.07) is 3.97. The summed E-state index contributed by atoms with van der Waals surface area (Å²) in [6.45, 7) is 9.92. The molecule has 0 unspecified atom stereocenters. The van der Waals surface area contributed by atoms with Gasteiger partial charge in [0.2, 0.25) is 5.96 Å². The lowest BCUT2D eigenvalue weighted by molar-refractivity contribution is 0.261. The molecule has 0 spiro atoms. The third-order valence-corrected chi connectivity index (χ3v) is 5.21. The zero-order valence-electron chi connectivity index (χ0n) is 17.1. The van der Waals surface area contributed by atoms with E-state index in [1.807, 2.05) is 31.0 Å². The van der Waals surface area contributed by atoms with Crippen LogP contribution in [-0.2, 0) is 18.6 Å². The van der Waals surface area contributed by atoms with Crippen molar-refractivity contribution in [3.05, 3.63) is 39.5 Å². The van der Waals surface area contributed by atoms with E-state index in [1.165, 1.54) is 0 Å². The number of aromatic nitrogens is 2. The Labute approximate surface area is 170 Å². The van der Waals surface area contributed by atoms with Crippen LogP contribution < -0.4 is 10.1 Å². The molecule has 28 heavy (non-hydrogen) atoms. The normalized spacial score (nSPS) is 13.6. The van der Waals surface area contributed by atoms with Crippen LogP contribution in [-0.4, -0.2) is 46.4 Å². The number of aromatic amines is 1. The fourth-order valence-corrected chi connectivity index (χ4v) is 3.25. The maximum atomic E-state index is 9.09. The van der Waals surface area contributed by atoms with E-state index < -0.39 is 0 Å². The van der Waals surface area contributed by atoms with E-state index in [9.17, 15) is 0 Å². The van der Waals surface area contributed by atoms with Crippen molar-refractivity contribution in [1.82, 2.24) is 20.4 Å². The number of fused-ring (bicyclic) bond motifs is 1. The summed E-state index contributed by atoms with van der Waals surface area (Å²) < 4.78 is 6.16. The van der Waals surface area contributed by atoms with Crippen molar-refractivity contribution in [2.24, 2.45) is 4.99 Å². The van der Waals surface area contributed by atoms with Gasteiger partial charge in [0.15, 0.2) is 5.82 Å². The van der Waals surface area contributed by atoms with Crippen LogP contribution in [0.1, 0.15) is 43.2 Å². The summed E-state index contributed by atoms with van der Waals surface area (Å²) in [4.78, 5) is 6.42. The number of nitrogens with one attached hydrogen (secondary N) is 2. The Kier molecular flexibility index (Phi) is 5.86. The average molecular weight is 406 g/mol. The fourth-order valence-electron chi connectivity index (χ4n) is 3.09. The van der Waals surface area contributed by atoms with Crippen molar-refractivity contribution in [3.8, 4) is 5.75 Å². The van der Waals surface area contributed by atoms with Crippen molar-refractivity contribution in [1.29, 1.82) is 0 Å². The molecule has 0 radical (unpaired) electrons. The van der Waals surface area contributed by atoms with Crippen LogP contribution >= 0.6 is 11.6 Å². The summed E-state index contributed by atoms with van der Waals surface area (Å²) in [5, 5.41) is 20.5.